The van der Waals surface area contributed by atoms with Gasteiger partial charge in [0, 0.05) is 18.4 Å². The molecule has 0 aromatic heterocycles. The van der Waals surface area contributed by atoms with E-state index in [2.05, 4.69) is 47.6 Å². The van der Waals surface area contributed by atoms with Gasteiger partial charge in [0.05, 0.1) is 5.56 Å². The number of carbonyl (C=O) groups is 2. The summed E-state index contributed by atoms with van der Waals surface area (Å²) in [6.45, 7) is 14.7. The molecule has 0 bridgehead atoms. The van der Waals surface area contributed by atoms with E-state index in [9.17, 15) is 9.59 Å². The second-order valence-corrected chi connectivity index (χ2v) is 16.2. The number of ketones is 1. The minimum atomic E-state index is -0.264. The highest BCUT2D eigenvalue weighted by atomic mass is 16.5. The topological polar surface area (TPSA) is 43.4 Å². The Morgan fingerprint density at radius 3 is 2.60 bits per heavy atom. The fourth-order valence-corrected chi connectivity index (χ4v) is 11.0. The number of allylic oxidation sites excluding steroid dienone is 1. The number of benzene rings is 1. The molecule has 0 radical (unpaired) electrons. The van der Waals surface area contributed by atoms with E-state index in [-0.39, 0.29) is 23.3 Å². The summed E-state index contributed by atoms with van der Waals surface area (Å²) in [6.07, 6.45) is 18.0. The van der Waals surface area contributed by atoms with E-state index in [1.807, 2.05) is 12.1 Å². The van der Waals surface area contributed by atoms with Gasteiger partial charge in [0.15, 0.2) is 5.78 Å². The smallest absolute Gasteiger partial charge is 0.338 e. The number of hydrogen-bond acceptors (Lipinski definition) is 3. The largest absolute Gasteiger partial charge is 0.458 e. The first-order valence-corrected chi connectivity index (χ1v) is 17.6. The maximum Gasteiger partial charge on any atom is 0.338 e. The van der Waals surface area contributed by atoms with Gasteiger partial charge in [0.2, 0.25) is 0 Å². The van der Waals surface area contributed by atoms with Crippen LogP contribution in [0.3, 0.4) is 0 Å². The zero-order valence-electron chi connectivity index (χ0n) is 27.3. The molecule has 0 spiro atoms. The van der Waals surface area contributed by atoms with E-state index in [4.69, 9.17) is 4.74 Å². The number of rotatable bonds is 7. The quantitative estimate of drug-likeness (QED) is 0.241. The van der Waals surface area contributed by atoms with Gasteiger partial charge in [0.25, 0.3) is 0 Å². The van der Waals surface area contributed by atoms with E-state index < -0.39 is 0 Å². The predicted octanol–water partition coefficient (Wildman–Crippen LogP) is 10.3. The second-order valence-electron chi connectivity index (χ2n) is 16.2. The zero-order valence-corrected chi connectivity index (χ0v) is 27.3. The highest BCUT2D eigenvalue weighted by molar-refractivity contribution is 6.01. The Hall–Kier alpha value is -1.90. The van der Waals surface area contributed by atoms with Crippen molar-refractivity contribution in [2.75, 3.05) is 0 Å². The average molecular weight is 573 g/mol. The monoisotopic (exact) mass is 572 g/mol. The highest BCUT2D eigenvalue weighted by Gasteiger charge is 2.59. The molecule has 3 fully saturated rings. The van der Waals surface area contributed by atoms with Gasteiger partial charge >= 0.3 is 5.97 Å². The van der Waals surface area contributed by atoms with Gasteiger partial charge in [-0.25, -0.2) is 4.79 Å². The van der Waals surface area contributed by atoms with Crippen molar-refractivity contribution in [3.63, 3.8) is 0 Å². The number of Topliss-reactive ketones (excluding diaryl/α,β-unsaturated/α-hetero) is 1. The van der Waals surface area contributed by atoms with E-state index in [0.717, 1.165) is 72.3 Å². The van der Waals surface area contributed by atoms with Crippen LogP contribution < -0.4 is 0 Å². The van der Waals surface area contributed by atoms with E-state index in [0.29, 0.717) is 23.3 Å². The fourth-order valence-electron chi connectivity index (χ4n) is 11.0. The normalized spacial score (nSPS) is 38.2. The van der Waals surface area contributed by atoms with Crippen molar-refractivity contribution >= 4 is 11.8 Å². The van der Waals surface area contributed by atoms with Gasteiger partial charge in [0.1, 0.15) is 6.10 Å². The first-order chi connectivity index (χ1) is 20.0. The number of carbonyl (C=O) groups excluding carboxylic acids is 2. The van der Waals surface area contributed by atoms with Crippen LogP contribution in [0, 0.1) is 46.3 Å². The first kappa shape index (κ1) is 30.1. The van der Waals surface area contributed by atoms with Crippen LogP contribution in [-0.4, -0.2) is 17.9 Å². The maximum atomic E-state index is 13.2. The molecule has 1 unspecified atom stereocenters. The molecule has 5 aliphatic rings. The van der Waals surface area contributed by atoms with Gasteiger partial charge in [-0.2, -0.15) is 0 Å². The molecule has 3 nitrogen and oxygen atoms in total. The molecule has 230 valence electrons. The third-order valence-electron chi connectivity index (χ3n) is 13.5. The van der Waals surface area contributed by atoms with Crippen molar-refractivity contribution in [1.29, 1.82) is 0 Å². The summed E-state index contributed by atoms with van der Waals surface area (Å²) in [4.78, 5) is 25.8. The Kier molecular flexibility index (Phi) is 8.29. The minimum absolute atomic E-state index is 0.0598. The van der Waals surface area contributed by atoms with Crippen LogP contribution in [0.2, 0.25) is 0 Å². The summed E-state index contributed by atoms with van der Waals surface area (Å²) in [5, 5.41) is 0. The number of ether oxygens (including phenoxy) is 1. The van der Waals surface area contributed by atoms with Gasteiger partial charge in [-0.1, -0.05) is 78.5 Å². The summed E-state index contributed by atoms with van der Waals surface area (Å²) in [5.74, 6) is 5.29. The average Bonchev–Trinajstić information content (AvgIpc) is 3.32. The van der Waals surface area contributed by atoms with Crippen molar-refractivity contribution in [3.8, 4) is 0 Å². The molecule has 0 saturated heterocycles. The van der Waals surface area contributed by atoms with Crippen molar-refractivity contribution in [3.05, 3.63) is 46.5 Å². The Balaban J connectivity index is 1.11. The third-order valence-corrected chi connectivity index (χ3v) is 13.5. The Labute approximate surface area is 255 Å². The standard InChI is InChI=1S/C39H56O3/c1-24(2)8-7-9-26(4)33-15-16-34-31-14-12-28-23-29(18-20-38(28,5)35(31)19-21-39(33,34)6)42-37(41)27-11-13-30-25(3)10-17-36(40)32(30)22-27/h11-13,22,24-26,29,31,33-35H,7-10,14-21,23H2,1-6H3/t25?,26-,29+,31+,33-,34+,35+,38+,39-/m1/s1. The van der Waals surface area contributed by atoms with Crippen LogP contribution >= 0.6 is 0 Å². The van der Waals surface area contributed by atoms with Crippen molar-refractivity contribution in [1.82, 2.24) is 0 Å². The van der Waals surface area contributed by atoms with E-state index in [1.165, 1.54) is 51.4 Å². The molecule has 9 atom stereocenters. The molecule has 0 N–H and O–H groups in total. The molecule has 5 aliphatic carbocycles. The molecule has 0 heterocycles. The molecule has 0 aliphatic heterocycles. The molecule has 42 heavy (non-hydrogen) atoms. The van der Waals surface area contributed by atoms with Crippen molar-refractivity contribution in [2.24, 2.45) is 46.3 Å². The van der Waals surface area contributed by atoms with Crippen LogP contribution in [-0.2, 0) is 4.74 Å². The maximum absolute atomic E-state index is 13.2. The molecular weight excluding hydrogens is 516 g/mol. The Morgan fingerprint density at radius 1 is 1.00 bits per heavy atom. The second kappa shape index (κ2) is 11.6. The van der Waals surface area contributed by atoms with Crippen LogP contribution in [0.5, 0.6) is 0 Å². The summed E-state index contributed by atoms with van der Waals surface area (Å²) < 4.78 is 6.14. The predicted molar refractivity (Wildman–Crippen MR) is 171 cm³/mol. The number of fused-ring (bicyclic) bond motifs is 6. The van der Waals surface area contributed by atoms with Gasteiger partial charge in [-0.3, -0.25) is 4.79 Å². The van der Waals surface area contributed by atoms with Gasteiger partial charge in [-0.15, -0.1) is 0 Å². The fraction of sp³-hybridized carbons (Fsp3) is 0.744. The molecule has 1 aromatic rings. The minimum Gasteiger partial charge on any atom is -0.458 e. The Bertz CT molecular complexity index is 1230. The number of hydrogen-bond donors (Lipinski definition) is 0. The summed E-state index contributed by atoms with van der Waals surface area (Å²) in [6, 6.07) is 5.64. The molecule has 1 aromatic carbocycles. The summed E-state index contributed by atoms with van der Waals surface area (Å²) in [7, 11) is 0. The van der Waals surface area contributed by atoms with Crippen LogP contribution in [0.15, 0.2) is 29.8 Å². The van der Waals surface area contributed by atoms with Crippen molar-refractivity contribution in [2.45, 2.75) is 137 Å². The van der Waals surface area contributed by atoms with E-state index >= 15 is 0 Å². The molecular formula is C39H56O3. The lowest BCUT2D eigenvalue weighted by Crippen LogP contribution is -2.51. The van der Waals surface area contributed by atoms with Crippen LogP contribution in [0.1, 0.15) is 157 Å². The van der Waals surface area contributed by atoms with Crippen LogP contribution in [0.25, 0.3) is 0 Å². The lowest BCUT2D eigenvalue weighted by atomic mass is 9.47. The zero-order chi connectivity index (χ0) is 29.8. The molecule has 3 saturated carbocycles. The lowest BCUT2D eigenvalue weighted by molar-refractivity contribution is -0.0594. The van der Waals surface area contributed by atoms with Crippen LogP contribution in [0.4, 0.5) is 0 Å². The number of esters is 1. The molecule has 6 rings (SSSR count). The SMILES string of the molecule is CC(C)CCC[C@@H](C)[C@H]1CC[C@H]2[C@@H]3CC=C4C[C@@H](OC(=O)c5ccc6c(c5)C(=O)CCC6C)CC[C@]4(C)[C@H]3CC[C@]12C. The van der Waals surface area contributed by atoms with Gasteiger partial charge < -0.3 is 4.74 Å². The molecule has 3 heteroatoms. The van der Waals surface area contributed by atoms with Gasteiger partial charge in [-0.05, 0) is 121 Å². The Morgan fingerprint density at radius 2 is 1.81 bits per heavy atom. The summed E-state index contributed by atoms with van der Waals surface area (Å²) >= 11 is 0. The van der Waals surface area contributed by atoms with Crippen molar-refractivity contribution < 1.29 is 14.3 Å². The lowest BCUT2D eigenvalue weighted by Gasteiger charge is -2.58. The first-order valence-electron chi connectivity index (χ1n) is 17.6. The highest BCUT2D eigenvalue weighted by Crippen LogP contribution is 2.67. The summed E-state index contributed by atoms with van der Waals surface area (Å²) in [5.41, 5.74) is 4.66. The third kappa shape index (κ3) is 5.23. The van der Waals surface area contributed by atoms with E-state index in [1.54, 1.807) is 11.6 Å². The molecule has 0 amide bonds.